The first kappa shape index (κ1) is 20.8. The first-order chi connectivity index (χ1) is 16.5. The molecule has 34 heavy (non-hydrogen) atoms. The fourth-order valence-electron chi connectivity index (χ4n) is 7.57. The van der Waals surface area contributed by atoms with Gasteiger partial charge in [-0.25, -0.2) is 9.97 Å². The van der Waals surface area contributed by atoms with Gasteiger partial charge in [0, 0.05) is 18.2 Å². The molecule has 0 spiro atoms. The van der Waals surface area contributed by atoms with Crippen LogP contribution in [0.15, 0.2) is 55.0 Å². The van der Waals surface area contributed by atoms with Crippen molar-refractivity contribution < 1.29 is 0 Å². The largest absolute Gasteiger partial charge is 0.345 e. The summed E-state index contributed by atoms with van der Waals surface area (Å²) < 4.78 is 0. The highest BCUT2D eigenvalue weighted by Crippen LogP contribution is 2.61. The zero-order valence-corrected chi connectivity index (χ0v) is 20.2. The standard InChI is InChI=1S/C28H31N5S/c29-15-28(30,22-5-6-23-24(10-22)33-16-32-23)21-3-1-20(2-4-21)25-14-31-26(34-25)27-11-17-7-18(12-27)9-19(8-17)13-27/h1-6,10,14,16-19H,7-9,11-13,15,29-30H2,(H,32,33). The van der Waals surface area contributed by atoms with Crippen LogP contribution in [0.25, 0.3) is 21.5 Å². The first-order valence-corrected chi connectivity index (χ1v) is 13.4. The second-order valence-electron chi connectivity index (χ2n) is 11.1. The van der Waals surface area contributed by atoms with Crippen LogP contribution < -0.4 is 11.5 Å². The van der Waals surface area contributed by atoms with Crippen molar-refractivity contribution in [2.75, 3.05) is 6.54 Å². The van der Waals surface area contributed by atoms with Crippen molar-refractivity contribution in [2.45, 2.75) is 49.5 Å². The number of H-pyrrole nitrogens is 1. The fourth-order valence-corrected chi connectivity index (χ4v) is 8.71. The minimum absolute atomic E-state index is 0.322. The lowest BCUT2D eigenvalue weighted by Gasteiger charge is -2.56. The second-order valence-corrected chi connectivity index (χ2v) is 12.1. The fraction of sp³-hybridized carbons (Fsp3) is 0.429. The number of hydrogen-bond acceptors (Lipinski definition) is 5. The minimum atomic E-state index is -0.754. The third kappa shape index (κ3) is 3.12. The number of imidazole rings is 1. The lowest BCUT2D eigenvalue weighted by atomic mass is 9.50. The van der Waals surface area contributed by atoms with Gasteiger partial charge in [-0.05, 0) is 85.1 Å². The van der Waals surface area contributed by atoms with E-state index in [0.717, 1.165) is 39.9 Å². The van der Waals surface area contributed by atoms with Crippen LogP contribution in [0.3, 0.4) is 0 Å². The lowest BCUT2D eigenvalue weighted by Crippen LogP contribution is -2.48. The summed E-state index contributed by atoms with van der Waals surface area (Å²) >= 11 is 1.91. The molecule has 2 heterocycles. The summed E-state index contributed by atoms with van der Waals surface area (Å²) in [5.41, 5.74) is 17.8. The SMILES string of the molecule is NCC(N)(c1ccc(-c2cnc(C34CC5CC(CC(C5)C3)C4)s2)cc1)c1ccc2nc[nH]c2c1. The quantitative estimate of drug-likeness (QED) is 0.369. The number of nitrogens with two attached hydrogens (primary N) is 2. The monoisotopic (exact) mass is 469 g/mol. The third-order valence-corrected chi connectivity index (χ3v) is 10.2. The summed E-state index contributed by atoms with van der Waals surface area (Å²) in [6.45, 7) is 0.322. The zero-order chi connectivity index (χ0) is 22.9. The maximum absolute atomic E-state index is 6.89. The van der Waals surface area contributed by atoms with Gasteiger partial charge < -0.3 is 16.5 Å². The number of nitrogens with zero attached hydrogens (tertiary/aromatic N) is 2. The highest BCUT2D eigenvalue weighted by atomic mass is 32.1. The molecule has 0 saturated heterocycles. The van der Waals surface area contributed by atoms with Gasteiger partial charge in [0.2, 0.25) is 0 Å². The average molecular weight is 470 g/mol. The summed E-state index contributed by atoms with van der Waals surface area (Å²) in [6.07, 6.45) is 12.3. The third-order valence-electron chi connectivity index (χ3n) is 8.94. The van der Waals surface area contributed by atoms with E-state index in [0.29, 0.717) is 12.0 Å². The molecule has 8 rings (SSSR count). The number of fused-ring (bicyclic) bond motifs is 1. The summed E-state index contributed by atoms with van der Waals surface area (Å²) in [5.74, 6) is 2.81. The zero-order valence-electron chi connectivity index (χ0n) is 19.3. The van der Waals surface area contributed by atoms with E-state index in [1.165, 1.54) is 54.0 Å². The molecule has 1 unspecified atom stereocenters. The Morgan fingerprint density at radius 3 is 2.29 bits per heavy atom. The molecule has 4 saturated carbocycles. The molecule has 5 N–H and O–H groups in total. The predicted molar refractivity (Wildman–Crippen MR) is 138 cm³/mol. The highest BCUT2D eigenvalue weighted by Gasteiger charge is 2.52. The normalized spacial score (nSPS) is 29.5. The van der Waals surface area contributed by atoms with Crippen molar-refractivity contribution in [1.82, 2.24) is 15.0 Å². The van der Waals surface area contributed by atoms with Gasteiger partial charge in [-0.3, -0.25) is 0 Å². The Morgan fingerprint density at radius 1 is 0.941 bits per heavy atom. The van der Waals surface area contributed by atoms with Crippen LogP contribution in [0.2, 0.25) is 0 Å². The van der Waals surface area contributed by atoms with Crippen molar-refractivity contribution in [1.29, 1.82) is 0 Å². The van der Waals surface area contributed by atoms with Crippen LogP contribution in [0.4, 0.5) is 0 Å². The van der Waals surface area contributed by atoms with Crippen molar-refractivity contribution in [3.8, 4) is 10.4 Å². The van der Waals surface area contributed by atoms with Crippen molar-refractivity contribution in [2.24, 2.45) is 29.2 Å². The predicted octanol–water partition coefficient (Wildman–Crippen LogP) is 5.32. The van der Waals surface area contributed by atoms with Crippen LogP contribution in [0.5, 0.6) is 0 Å². The highest BCUT2D eigenvalue weighted by molar-refractivity contribution is 7.15. The Labute approximate surface area is 204 Å². The molecule has 4 aromatic rings. The number of aromatic nitrogens is 3. The molecule has 0 radical (unpaired) electrons. The first-order valence-electron chi connectivity index (χ1n) is 12.5. The molecular weight excluding hydrogens is 438 g/mol. The van der Waals surface area contributed by atoms with Crippen LogP contribution >= 0.6 is 11.3 Å². The Kier molecular flexibility index (Phi) is 4.57. The molecule has 2 aromatic heterocycles. The summed E-state index contributed by atoms with van der Waals surface area (Å²) in [4.78, 5) is 13.8. The van der Waals surface area contributed by atoms with Crippen molar-refractivity contribution in [3.05, 3.63) is 71.1 Å². The molecule has 0 aliphatic heterocycles. The van der Waals surface area contributed by atoms with E-state index >= 15 is 0 Å². The van der Waals surface area contributed by atoms with Crippen LogP contribution in [0.1, 0.15) is 54.7 Å². The lowest BCUT2D eigenvalue weighted by molar-refractivity contribution is -0.00527. The number of nitrogens with one attached hydrogen (secondary N) is 1. The van der Waals surface area contributed by atoms with Gasteiger partial charge in [-0.2, -0.15) is 0 Å². The van der Waals surface area contributed by atoms with Gasteiger partial charge in [0.25, 0.3) is 0 Å². The molecule has 4 aliphatic carbocycles. The van der Waals surface area contributed by atoms with Crippen LogP contribution in [-0.4, -0.2) is 21.5 Å². The van der Waals surface area contributed by atoms with Crippen LogP contribution in [0, 0.1) is 17.8 Å². The molecule has 1 atom stereocenters. The molecule has 4 bridgehead atoms. The van der Waals surface area contributed by atoms with Crippen molar-refractivity contribution in [3.63, 3.8) is 0 Å². The van der Waals surface area contributed by atoms with Gasteiger partial charge >= 0.3 is 0 Å². The Bertz CT molecular complexity index is 1320. The number of rotatable bonds is 5. The molecule has 174 valence electrons. The minimum Gasteiger partial charge on any atom is -0.345 e. The number of benzene rings is 2. The van der Waals surface area contributed by atoms with Gasteiger partial charge in [0.05, 0.1) is 32.8 Å². The topological polar surface area (TPSA) is 93.6 Å². The molecule has 6 heteroatoms. The average Bonchev–Trinajstić information content (AvgIpc) is 3.53. The number of thiazole rings is 1. The van der Waals surface area contributed by atoms with E-state index < -0.39 is 5.54 Å². The van der Waals surface area contributed by atoms with Gasteiger partial charge in [0.1, 0.15) is 0 Å². The summed E-state index contributed by atoms with van der Waals surface area (Å²) in [6, 6.07) is 14.7. The van der Waals surface area contributed by atoms with E-state index in [1.807, 2.05) is 23.5 Å². The maximum Gasteiger partial charge on any atom is 0.0993 e. The second kappa shape index (κ2) is 7.48. The molecular formula is C28H31N5S. The Hall–Kier alpha value is -2.54. The van der Waals surface area contributed by atoms with Crippen LogP contribution in [-0.2, 0) is 11.0 Å². The molecule has 5 nitrogen and oxygen atoms in total. The maximum atomic E-state index is 6.89. The van der Waals surface area contributed by atoms with Crippen molar-refractivity contribution >= 4 is 22.4 Å². The van der Waals surface area contributed by atoms with E-state index in [1.54, 1.807) is 6.33 Å². The van der Waals surface area contributed by atoms with Gasteiger partial charge in [0.15, 0.2) is 0 Å². The summed E-state index contributed by atoms with van der Waals surface area (Å²) in [5, 5.41) is 1.38. The Morgan fingerprint density at radius 2 is 1.62 bits per heavy atom. The molecule has 4 fully saturated rings. The number of aromatic amines is 1. The molecule has 0 amide bonds. The summed E-state index contributed by atoms with van der Waals surface area (Å²) in [7, 11) is 0. The molecule has 2 aromatic carbocycles. The van der Waals surface area contributed by atoms with E-state index in [9.17, 15) is 0 Å². The van der Waals surface area contributed by atoms with E-state index in [2.05, 4.69) is 46.5 Å². The van der Waals surface area contributed by atoms with Gasteiger partial charge in [-0.15, -0.1) is 11.3 Å². The molecule has 4 aliphatic rings. The van der Waals surface area contributed by atoms with E-state index in [-0.39, 0.29) is 0 Å². The smallest absolute Gasteiger partial charge is 0.0993 e. The van der Waals surface area contributed by atoms with Gasteiger partial charge in [-0.1, -0.05) is 30.3 Å². The Balaban J connectivity index is 1.18. The van der Waals surface area contributed by atoms with E-state index in [4.69, 9.17) is 16.5 Å². The number of hydrogen-bond donors (Lipinski definition) is 3.